The number of hydrogen-bond acceptors (Lipinski definition) is 6. The second kappa shape index (κ2) is 6.72. The molecule has 0 spiro atoms. The Balaban J connectivity index is 3.24. The molecule has 0 bridgehead atoms. The number of carboxylic acid groups (broad SMARTS) is 1. The molecule has 0 aliphatic heterocycles. The van der Waals surface area contributed by atoms with E-state index in [-0.39, 0.29) is 23.0 Å². The van der Waals surface area contributed by atoms with Crippen molar-refractivity contribution >= 4 is 22.0 Å². The smallest absolute Gasteiger partial charge is 0.373 e. The van der Waals surface area contributed by atoms with Crippen molar-refractivity contribution in [3.05, 3.63) is 17.6 Å². The van der Waals surface area contributed by atoms with Crippen molar-refractivity contribution in [2.75, 3.05) is 20.2 Å². The Hall–Kier alpha value is -1.87. The summed E-state index contributed by atoms with van der Waals surface area (Å²) in [7, 11) is -2.92. The summed E-state index contributed by atoms with van der Waals surface area (Å²) in [5.74, 6) is -2.32. The van der Waals surface area contributed by atoms with Crippen LogP contribution in [0.15, 0.2) is 15.4 Å². The number of aryl methyl sites for hydroxylation is 1. The van der Waals surface area contributed by atoms with Gasteiger partial charge < -0.3 is 14.3 Å². The molecule has 0 radical (unpaired) electrons. The number of furan rings is 1. The number of carboxylic acids is 1. The number of nitrogens with zero attached hydrogens (tertiary/aromatic N) is 1. The lowest BCUT2D eigenvalue weighted by molar-refractivity contribution is -0.137. The molecule has 1 heterocycles. The molecule has 8 nitrogen and oxygen atoms in total. The molecule has 1 aromatic rings. The van der Waals surface area contributed by atoms with Gasteiger partial charge in [-0.05, 0) is 13.3 Å². The molecular weight excluding hydrogens is 302 g/mol. The Kier molecular flexibility index (Phi) is 5.50. The maximum atomic E-state index is 12.5. The number of hydrogen-bond donors (Lipinski definition) is 1. The monoisotopic (exact) mass is 319 g/mol. The van der Waals surface area contributed by atoms with Crippen LogP contribution in [0.1, 0.15) is 29.7 Å². The molecular formula is C12H17NO7S. The van der Waals surface area contributed by atoms with Gasteiger partial charge >= 0.3 is 11.9 Å². The normalized spacial score (nSPS) is 11.6. The summed E-state index contributed by atoms with van der Waals surface area (Å²) < 4.78 is 35.2. The second-order valence-corrected chi connectivity index (χ2v) is 6.16. The molecule has 0 aliphatic carbocycles. The van der Waals surface area contributed by atoms with Gasteiger partial charge in [0.05, 0.1) is 7.11 Å². The van der Waals surface area contributed by atoms with Crippen LogP contribution in [0, 0.1) is 6.92 Å². The number of rotatable bonds is 7. The van der Waals surface area contributed by atoms with Gasteiger partial charge in [0.2, 0.25) is 15.8 Å². The zero-order valence-electron chi connectivity index (χ0n) is 12.0. The zero-order chi connectivity index (χ0) is 16.2. The van der Waals surface area contributed by atoms with Crippen molar-refractivity contribution in [2.45, 2.75) is 25.2 Å². The van der Waals surface area contributed by atoms with Crippen molar-refractivity contribution in [3.8, 4) is 0 Å². The predicted octanol–water partition coefficient (Wildman–Crippen LogP) is 0.860. The third kappa shape index (κ3) is 3.82. The first-order valence-corrected chi connectivity index (χ1v) is 7.58. The average Bonchev–Trinajstić information content (AvgIpc) is 2.79. The van der Waals surface area contributed by atoms with Gasteiger partial charge in [-0.15, -0.1) is 0 Å². The Morgan fingerprint density at radius 3 is 2.52 bits per heavy atom. The number of methoxy groups -OCH3 is 1. The van der Waals surface area contributed by atoms with E-state index in [0.29, 0.717) is 6.42 Å². The lowest BCUT2D eigenvalue weighted by Crippen LogP contribution is -2.36. The van der Waals surface area contributed by atoms with E-state index in [0.717, 1.165) is 17.5 Å². The van der Waals surface area contributed by atoms with Gasteiger partial charge in [0.1, 0.15) is 17.2 Å². The first-order chi connectivity index (χ1) is 9.73. The molecule has 1 N–H and O–H groups in total. The summed E-state index contributed by atoms with van der Waals surface area (Å²) in [4.78, 5) is 21.9. The summed E-state index contributed by atoms with van der Waals surface area (Å²) >= 11 is 0. The van der Waals surface area contributed by atoms with Crippen molar-refractivity contribution in [2.24, 2.45) is 0 Å². The van der Waals surface area contributed by atoms with Gasteiger partial charge in [0.15, 0.2) is 0 Å². The highest BCUT2D eigenvalue weighted by Crippen LogP contribution is 2.24. The summed E-state index contributed by atoms with van der Waals surface area (Å²) in [5, 5.41) is 8.82. The summed E-state index contributed by atoms with van der Waals surface area (Å²) in [6.07, 6.45) is 0.452. The minimum absolute atomic E-state index is 0.00175. The molecule has 118 valence electrons. The van der Waals surface area contributed by atoms with Crippen LogP contribution in [0.4, 0.5) is 0 Å². The van der Waals surface area contributed by atoms with E-state index in [9.17, 15) is 18.0 Å². The molecule has 0 saturated carbocycles. The zero-order valence-corrected chi connectivity index (χ0v) is 12.8. The van der Waals surface area contributed by atoms with E-state index < -0.39 is 28.5 Å². The Labute approximate surface area is 122 Å². The molecule has 9 heteroatoms. The highest BCUT2D eigenvalue weighted by Gasteiger charge is 2.31. The Bertz CT molecular complexity index is 632. The minimum Gasteiger partial charge on any atom is -0.480 e. The van der Waals surface area contributed by atoms with E-state index in [4.69, 9.17) is 9.52 Å². The molecule has 1 aromatic heterocycles. The number of sulfonamides is 1. The van der Waals surface area contributed by atoms with Crippen molar-refractivity contribution in [1.82, 2.24) is 4.31 Å². The van der Waals surface area contributed by atoms with E-state index >= 15 is 0 Å². The number of carbonyl (C=O) groups excluding carboxylic acids is 1. The molecule has 21 heavy (non-hydrogen) atoms. The molecule has 0 unspecified atom stereocenters. The van der Waals surface area contributed by atoms with Crippen LogP contribution in [0.25, 0.3) is 0 Å². The quantitative estimate of drug-likeness (QED) is 0.741. The molecule has 0 aromatic carbocycles. The van der Waals surface area contributed by atoms with Crippen LogP contribution in [-0.4, -0.2) is 50.0 Å². The lowest BCUT2D eigenvalue weighted by Gasteiger charge is -2.18. The molecule has 0 saturated heterocycles. The van der Waals surface area contributed by atoms with E-state index in [1.807, 2.05) is 0 Å². The van der Waals surface area contributed by atoms with Crippen LogP contribution < -0.4 is 0 Å². The van der Waals surface area contributed by atoms with Gasteiger partial charge in [-0.3, -0.25) is 4.79 Å². The second-order valence-electron chi connectivity index (χ2n) is 4.26. The number of ether oxygens (including phenoxy) is 1. The van der Waals surface area contributed by atoms with Crippen molar-refractivity contribution < 1.29 is 32.3 Å². The van der Waals surface area contributed by atoms with E-state index in [1.54, 1.807) is 6.92 Å². The standard InChI is InChI=1S/C12H17NO7S/c1-4-5-13(7-11(14)15)21(17,18)10-6-9(12(16)19-3)20-8(10)2/h6H,4-5,7H2,1-3H3,(H,14,15). The average molecular weight is 319 g/mol. The van der Waals surface area contributed by atoms with Gasteiger partial charge in [0, 0.05) is 12.6 Å². The summed E-state index contributed by atoms with van der Waals surface area (Å²) in [5.41, 5.74) is 0. The molecule has 0 aliphatic rings. The largest absolute Gasteiger partial charge is 0.480 e. The third-order valence-corrected chi connectivity index (χ3v) is 4.61. The predicted molar refractivity (Wildman–Crippen MR) is 71.5 cm³/mol. The maximum absolute atomic E-state index is 12.5. The molecule has 0 fully saturated rings. The van der Waals surface area contributed by atoms with E-state index in [2.05, 4.69) is 4.74 Å². The number of esters is 1. The number of aliphatic carboxylic acids is 1. The van der Waals surface area contributed by atoms with Crippen LogP contribution in [0.5, 0.6) is 0 Å². The highest BCUT2D eigenvalue weighted by atomic mass is 32.2. The summed E-state index contributed by atoms with van der Waals surface area (Å²) in [6, 6.07) is 1.04. The van der Waals surface area contributed by atoms with Gasteiger partial charge in [-0.25, -0.2) is 13.2 Å². The van der Waals surface area contributed by atoms with Crippen LogP contribution in [0.2, 0.25) is 0 Å². The Morgan fingerprint density at radius 1 is 1.43 bits per heavy atom. The first-order valence-electron chi connectivity index (χ1n) is 6.14. The molecule has 0 amide bonds. The minimum atomic E-state index is -4.06. The molecule has 1 rings (SSSR count). The van der Waals surface area contributed by atoms with Gasteiger partial charge in [0.25, 0.3) is 0 Å². The Morgan fingerprint density at radius 2 is 2.05 bits per heavy atom. The van der Waals surface area contributed by atoms with Gasteiger partial charge in [-0.1, -0.05) is 6.92 Å². The maximum Gasteiger partial charge on any atom is 0.373 e. The fourth-order valence-corrected chi connectivity index (χ4v) is 3.39. The van der Waals surface area contributed by atoms with Crippen molar-refractivity contribution in [1.29, 1.82) is 0 Å². The highest BCUT2D eigenvalue weighted by molar-refractivity contribution is 7.89. The first kappa shape index (κ1) is 17.2. The topological polar surface area (TPSA) is 114 Å². The third-order valence-electron chi connectivity index (χ3n) is 2.66. The lowest BCUT2D eigenvalue weighted by atomic mass is 10.4. The SMILES string of the molecule is CCCN(CC(=O)O)S(=O)(=O)c1cc(C(=O)OC)oc1C. The fraction of sp³-hybridized carbons (Fsp3) is 0.500. The number of carbonyl (C=O) groups is 2. The van der Waals surface area contributed by atoms with Crippen LogP contribution >= 0.6 is 0 Å². The van der Waals surface area contributed by atoms with Crippen molar-refractivity contribution in [3.63, 3.8) is 0 Å². The van der Waals surface area contributed by atoms with Gasteiger partial charge in [-0.2, -0.15) is 4.31 Å². The van der Waals surface area contributed by atoms with Crippen LogP contribution in [0.3, 0.4) is 0 Å². The van der Waals surface area contributed by atoms with E-state index in [1.165, 1.54) is 6.92 Å². The summed E-state index contributed by atoms with van der Waals surface area (Å²) in [6.45, 7) is 2.50. The van der Waals surface area contributed by atoms with Crippen LogP contribution in [-0.2, 0) is 19.6 Å². The fourth-order valence-electron chi connectivity index (χ4n) is 1.75. The molecule has 0 atom stereocenters.